The minimum absolute atomic E-state index is 0.231. The van der Waals surface area contributed by atoms with Crippen LogP contribution in [0.3, 0.4) is 0 Å². The van der Waals surface area contributed by atoms with Gasteiger partial charge in [-0.3, -0.25) is 14.9 Å². The first-order valence-electron chi connectivity index (χ1n) is 6.99. The number of para-hydroxylation sites is 1. The second-order valence-corrected chi connectivity index (χ2v) is 6.06. The molecule has 1 amide bonds. The van der Waals surface area contributed by atoms with Crippen LogP contribution in [-0.4, -0.2) is 16.9 Å². The van der Waals surface area contributed by atoms with E-state index in [9.17, 15) is 9.59 Å². The van der Waals surface area contributed by atoms with E-state index in [-0.39, 0.29) is 17.2 Å². The summed E-state index contributed by atoms with van der Waals surface area (Å²) in [7, 11) is 0. The van der Waals surface area contributed by atoms with Crippen molar-refractivity contribution in [3.8, 4) is 5.75 Å². The third kappa shape index (κ3) is 3.37. The van der Waals surface area contributed by atoms with E-state index in [0.29, 0.717) is 5.13 Å². The zero-order valence-corrected chi connectivity index (χ0v) is 13.4. The zero-order valence-electron chi connectivity index (χ0n) is 12.6. The molecule has 2 aromatic carbocycles. The van der Waals surface area contributed by atoms with Gasteiger partial charge < -0.3 is 4.74 Å². The van der Waals surface area contributed by atoms with Crippen molar-refractivity contribution in [2.24, 2.45) is 0 Å². The quantitative estimate of drug-likeness (QED) is 0.587. The van der Waals surface area contributed by atoms with E-state index in [1.165, 1.54) is 18.3 Å². The number of benzene rings is 2. The van der Waals surface area contributed by atoms with Crippen LogP contribution in [0, 0.1) is 6.92 Å². The van der Waals surface area contributed by atoms with Crippen molar-refractivity contribution < 1.29 is 14.3 Å². The van der Waals surface area contributed by atoms with Crippen LogP contribution in [0.4, 0.5) is 5.13 Å². The van der Waals surface area contributed by atoms with E-state index in [2.05, 4.69) is 10.3 Å². The molecule has 5 nitrogen and oxygen atoms in total. The minimum atomic E-state index is -0.472. The molecule has 0 saturated carbocycles. The maximum Gasteiger partial charge on any atom is 0.308 e. The van der Waals surface area contributed by atoms with Crippen molar-refractivity contribution in [2.75, 3.05) is 5.32 Å². The normalized spacial score (nSPS) is 10.5. The average Bonchev–Trinajstić information content (AvgIpc) is 2.88. The standard InChI is InChI=1S/C17H14N2O3S/c1-10-7-8-13-15(9-10)23-17(18-13)19-16(21)12-5-3-4-6-14(12)22-11(2)20/h3-9H,1-2H3,(H,18,19,21). The fraction of sp³-hybridized carbons (Fsp3) is 0.118. The van der Waals surface area contributed by atoms with Crippen molar-refractivity contribution in [3.63, 3.8) is 0 Å². The Balaban J connectivity index is 1.87. The number of fused-ring (bicyclic) bond motifs is 1. The highest BCUT2D eigenvalue weighted by atomic mass is 32.1. The van der Waals surface area contributed by atoms with Gasteiger partial charge in [0.15, 0.2) is 5.13 Å². The Morgan fingerprint density at radius 1 is 1.17 bits per heavy atom. The molecule has 3 rings (SSSR count). The summed E-state index contributed by atoms with van der Waals surface area (Å²) < 4.78 is 6.07. The number of ether oxygens (including phenoxy) is 1. The molecule has 6 heteroatoms. The Bertz CT molecular complexity index is 902. The second-order valence-electron chi connectivity index (χ2n) is 5.03. The number of hydrogen-bond donors (Lipinski definition) is 1. The number of carbonyl (C=O) groups excluding carboxylic acids is 2. The third-order valence-corrected chi connectivity index (χ3v) is 4.08. The van der Waals surface area contributed by atoms with Gasteiger partial charge >= 0.3 is 5.97 Å². The molecule has 0 unspecified atom stereocenters. The van der Waals surface area contributed by atoms with Gasteiger partial charge in [0.25, 0.3) is 5.91 Å². The number of thiazole rings is 1. The molecule has 0 aliphatic heterocycles. The van der Waals surface area contributed by atoms with Crippen LogP contribution in [0.25, 0.3) is 10.2 Å². The zero-order chi connectivity index (χ0) is 16.4. The summed E-state index contributed by atoms with van der Waals surface area (Å²) in [6.45, 7) is 3.30. The number of aryl methyl sites for hydroxylation is 1. The van der Waals surface area contributed by atoms with Gasteiger partial charge in [0.2, 0.25) is 0 Å². The van der Waals surface area contributed by atoms with Crippen molar-refractivity contribution in [1.29, 1.82) is 0 Å². The lowest BCUT2D eigenvalue weighted by atomic mass is 10.2. The predicted octanol–water partition coefficient (Wildman–Crippen LogP) is 3.78. The van der Waals surface area contributed by atoms with Crippen LogP contribution in [0.1, 0.15) is 22.8 Å². The summed E-state index contributed by atoms with van der Waals surface area (Å²) in [4.78, 5) is 27.9. The summed E-state index contributed by atoms with van der Waals surface area (Å²) in [5, 5.41) is 3.27. The summed E-state index contributed by atoms with van der Waals surface area (Å²) in [6.07, 6.45) is 0. The summed E-state index contributed by atoms with van der Waals surface area (Å²) in [5.74, 6) is -0.604. The van der Waals surface area contributed by atoms with E-state index in [4.69, 9.17) is 4.74 Å². The van der Waals surface area contributed by atoms with E-state index < -0.39 is 5.97 Å². The number of rotatable bonds is 3. The average molecular weight is 326 g/mol. The molecule has 0 aliphatic carbocycles. The van der Waals surface area contributed by atoms with Crippen LogP contribution in [-0.2, 0) is 4.79 Å². The second kappa shape index (κ2) is 6.18. The van der Waals surface area contributed by atoms with E-state index in [0.717, 1.165) is 15.8 Å². The van der Waals surface area contributed by atoms with Gasteiger partial charge in [-0.15, -0.1) is 0 Å². The molecule has 0 spiro atoms. The maximum absolute atomic E-state index is 12.4. The number of amides is 1. The van der Waals surface area contributed by atoms with Crippen molar-refractivity contribution in [1.82, 2.24) is 4.98 Å². The molecule has 0 fully saturated rings. The van der Waals surface area contributed by atoms with Crippen LogP contribution in [0.15, 0.2) is 42.5 Å². The molecule has 0 bridgehead atoms. The number of esters is 1. The van der Waals surface area contributed by atoms with Gasteiger partial charge in [-0.1, -0.05) is 29.5 Å². The van der Waals surface area contributed by atoms with Gasteiger partial charge in [0.1, 0.15) is 5.75 Å². The highest BCUT2D eigenvalue weighted by Gasteiger charge is 2.15. The van der Waals surface area contributed by atoms with Crippen molar-refractivity contribution >= 4 is 38.6 Å². The van der Waals surface area contributed by atoms with Gasteiger partial charge in [-0.05, 0) is 36.8 Å². The Kier molecular flexibility index (Phi) is 4.08. The SMILES string of the molecule is CC(=O)Oc1ccccc1C(=O)Nc1nc2ccc(C)cc2s1. The van der Waals surface area contributed by atoms with Gasteiger partial charge in [0, 0.05) is 6.92 Å². The van der Waals surface area contributed by atoms with Gasteiger partial charge in [-0.2, -0.15) is 0 Å². The number of aromatic nitrogens is 1. The Hall–Kier alpha value is -2.73. The van der Waals surface area contributed by atoms with Crippen molar-refractivity contribution in [2.45, 2.75) is 13.8 Å². The van der Waals surface area contributed by atoms with Crippen LogP contribution >= 0.6 is 11.3 Å². The summed E-state index contributed by atoms with van der Waals surface area (Å²) in [5.41, 5.74) is 2.27. The monoisotopic (exact) mass is 326 g/mol. The van der Waals surface area contributed by atoms with Crippen LogP contribution in [0.5, 0.6) is 5.75 Å². The van der Waals surface area contributed by atoms with Gasteiger partial charge in [-0.25, -0.2) is 4.98 Å². The molecule has 3 aromatic rings. The largest absolute Gasteiger partial charge is 0.426 e. The number of anilines is 1. The van der Waals surface area contributed by atoms with Crippen molar-refractivity contribution in [3.05, 3.63) is 53.6 Å². The third-order valence-electron chi connectivity index (χ3n) is 3.15. The first-order valence-corrected chi connectivity index (χ1v) is 7.80. The Labute approximate surface area is 136 Å². The first kappa shape index (κ1) is 15.2. The fourth-order valence-corrected chi connectivity index (χ4v) is 3.11. The lowest BCUT2D eigenvalue weighted by Crippen LogP contribution is -2.14. The number of nitrogens with zero attached hydrogens (tertiary/aromatic N) is 1. The molecule has 23 heavy (non-hydrogen) atoms. The predicted molar refractivity (Wildman–Crippen MR) is 90.1 cm³/mol. The van der Waals surface area contributed by atoms with Crippen LogP contribution in [0.2, 0.25) is 0 Å². The molecule has 0 radical (unpaired) electrons. The molecular formula is C17H14N2O3S. The van der Waals surface area contributed by atoms with Crippen LogP contribution < -0.4 is 10.1 Å². The molecule has 0 saturated heterocycles. The minimum Gasteiger partial charge on any atom is -0.426 e. The van der Waals surface area contributed by atoms with Gasteiger partial charge in [0.05, 0.1) is 15.8 Å². The lowest BCUT2D eigenvalue weighted by molar-refractivity contribution is -0.131. The number of carbonyl (C=O) groups is 2. The Morgan fingerprint density at radius 2 is 1.96 bits per heavy atom. The summed E-state index contributed by atoms with van der Waals surface area (Å²) >= 11 is 1.40. The molecule has 0 aliphatic rings. The van der Waals surface area contributed by atoms with E-state index in [1.807, 2.05) is 25.1 Å². The smallest absolute Gasteiger partial charge is 0.308 e. The molecule has 1 N–H and O–H groups in total. The number of hydrogen-bond acceptors (Lipinski definition) is 5. The molecule has 0 atom stereocenters. The van der Waals surface area contributed by atoms with E-state index >= 15 is 0 Å². The Morgan fingerprint density at radius 3 is 2.74 bits per heavy atom. The lowest BCUT2D eigenvalue weighted by Gasteiger charge is -2.07. The topological polar surface area (TPSA) is 68.3 Å². The first-order chi connectivity index (χ1) is 11.0. The highest BCUT2D eigenvalue weighted by molar-refractivity contribution is 7.22. The van der Waals surface area contributed by atoms with E-state index in [1.54, 1.807) is 24.3 Å². The summed E-state index contributed by atoms with van der Waals surface area (Å²) in [6, 6.07) is 12.5. The highest BCUT2D eigenvalue weighted by Crippen LogP contribution is 2.28. The molecule has 1 aromatic heterocycles. The molecular weight excluding hydrogens is 312 g/mol. The number of nitrogens with one attached hydrogen (secondary N) is 1. The fourth-order valence-electron chi connectivity index (χ4n) is 2.15. The molecule has 1 heterocycles. The molecule has 116 valence electrons. The maximum atomic E-state index is 12.4.